The summed E-state index contributed by atoms with van der Waals surface area (Å²) in [6.07, 6.45) is 1.70. The molecule has 1 N–H and O–H groups in total. The number of hydrogen-bond acceptors (Lipinski definition) is 6. The van der Waals surface area contributed by atoms with Crippen molar-refractivity contribution in [3.05, 3.63) is 69.3 Å². The Hall–Kier alpha value is -2.56. The second-order valence-corrected chi connectivity index (χ2v) is 10.5. The smallest absolute Gasteiger partial charge is 0.314 e. The highest BCUT2D eigenvalue weighted by Crippen LogP contribution is 2.28. The largest absolute Gasteiger partial charge is 0.485 e. The van der Waals surface area contributed by atoms with Crippen LogP contribution >= 0.6 is 15.9 Å². The van der Waals surface area contributed by atoms with E-state index in [4.69, 9.17) is 4.74 Å². The first-order valence-corrected chi connectivity index (χ1v) is 12.4. The highest BCUT2D eigenvalue weighted by atomic mass is 79.9. The molecule has 0 amide bonds. The molecule has 7 nitrogen and oxygen atoms in total. The predicted molar refractivity (Wildman–Crippen MR) is 122 cm³/mol. The van der Waals surface area contributed by atoms with Crippen LogP contribution in [0.4, 0.5) is 4.39 Å². The number of nitrogens with zero attached hydrogens (tertiary/aromatic N) is 2. The number of halogens is 2. The van der Waals surface area contributed by atoms with Gasteiger partial charge in [-0.2, -0.15) is 9.78 Å². The fourth-order valence-electron chi connectivity index (χ4n) is 2.83. The van der Waals surface area contributed by atoms with E-state index >= 15 is 0 Å². The van der Waals surface area contributed by atoms with E-state index in [1.807, 2.05) is 13.8 Å². The zero-order valence-corrected chi connectivity index (χ0v) is 20.0. The molecule has 1 heterocycles. The summed E-state index contributed by atoms with van der Waals surface area (Å²) in [5.74, 6) is -0.641. The molecule has 3 rings (SSSR count). The lowest BCUT2D eigenvalue weighted by atomic mass is 10.1. The summed E-state index contributed by atoms with van der Waals surface area (Å²) < 4.78 is 44.1. The number of rotatable bonds is 7. The zero-order valence-electron chi connectivity index (χ0n) is 17.6. The Bertz CT molecular complexity index is 1290. The van der Waals surface area contributed by atoms with Gasteiger partial charge in [-0.3, -0.25) is 4.79 Å². The Balaban J connectivity index is 2.13. The molecule has 1 atom stereocenters. The summed E-state index contributed by atoms with van der Waals surface area (Å²) in [4.78, 5) is 13.4. The first-order chi connectivity index (χ1) is 15.0. The molecule has 3 aromatic rings. The van der Waals surface area contributed by atoms with Gasteiger partial charge in [0, 0.05) is 11.8 Å². The van der Waals surface area contributed by atoms with Gasteiger partial charge in [-0.05, 0) is 57.7 Å². The van der Waals surface area contributed by atoms with E-state index in [0.29, 0.717) is 16.8 Å². The third kappa shape index (κ3) is 5.25. The van der Waals surface area contributed by atoms with E-state index in [1.165, 1.54) is 36.5 Å². The molecule has 0 aliphatic rings. The molecule has 2 aromatic carbocycles. The Morgan fingerprint density at radius 3 is 2.41 bits per heavy atom. The molecule has 1 unspecified atom stereocenters. The van der Waals surface area contributed by atoms with Gasteiger partial charge in [0.05, 0.1) is 27.4 Å². The van der Waals surface area contributed by atoms with E-state index < -0.39 is 27.3 Å². The van der Waals surface area contributed by atoms with Gasteiger partial charge in [0.15, 0.2) is 15.6 Å². The molecule has 0 aliphatic carbocycles. The monoisotopic (exact) mass is 524 g/mol. The summed E-state index contributed by atoms with van der Waals surface area (Å²) in [5.41, 5.74) is 0.563. The number of benzene rings is 2. The molecule has 10 heteroatoms. The van der Waals surface area contributed by atoms with E-state index in [2.05, 4.69) is 21.0 Å². The number of aliphatic hydroxyl groups excluding tert-OH is 1. The highest BCUT2D eigenvalue weighted by molar-refractivity contribution is 9.10. The molecule has 0 bridgehead atoms. The first kappa shape index (κ1) is 24.1. The lowest BCUT2D eigenvalue weighted by Crippen LogP contribution is -2.28. The number of sulfone groups is 1. The number of ether oxygens (including phenoxy) is 1. The van der Waals surface area contributed by atoms with Gasteiger partial charge < -0.3 is 9.84 Å². The maximum atomic E-state index is 13.6. The van der Waals surface area contributed by atoms with Crippen LogP contribution in [0.15, 0.2) is 62.8 Å². The van der Waals surface area contributed by atoms with Crippen LogP contribution in [0, 0.1) is 11.7 Å². The topological polar surface area (TPSA) is 98.5 Å². The molecule has 0 radical (unpaired) electrons. The van der Waals surface area contributed by atoms with Crippen LogP contribution in [-0.4, -0.2) is 42.3 Å². The minimum atomic E-state index is -3.38. The Morgan fingerprint density at radius 1 is 1.19 bits per heavy atom. The van der Waals surface area contributed by atoms with Crippen molar-refractivity contribution in [1.82, 2.24) is 9.78 Å². The SMILES string of the molecule is CC(C)C(O)COc1c(-c2ccc(S(C)(=O)=O)cc2)cnn(-c2ccc(F)c(Br)c2)c1=O. The molecule has 170 valence electrons. The third-order valence-corrected chi connectivity index (χ3v) is 6.58. The molecule has 32 heavy (non-hydrogen) atoms. The standard InChI is InChI=1S/C22H22BrFN2O5S/c1-13(2)20(27)12-31-21-17(14-4-7-16(8-5-14)32(3,29)30)11-25-26(22(21)28)15-6-9-19(24)18(23)10-15/h4-11,13,20,27H,12H2,1-3H3. The minimum Gasteiger partial charge on any atom is -0.485 e. The number of aliphatic hydroxyl groups is 1. The van der Waals surface area contributed by atoms with E-state index in [9.17, 15) is 22.7 Å². The third-order valence-electron chi connectivity index (χ3n) is 4.84. The van der Waals surface area contributed by atoms with Gasteiger partial charge in [-0.15, -0.1) is 0 Å². The minimum absolute atomic E-state index is 0.0627. The Labute approximate surface area is 193 Å². The van der Waals surface area contributed by atoms with E-state index in [1.54, 1.807) is 12.1 Å². The molecule has 0 saturated heterocycles. The van der Waals surface area contributed by atoms with Crippen LogP contribution in [0.2, 0.25) is 0 Å². The Kier molecular flexibility index (Phi) is 7.16. The van der Waals surface area contributed by atoms with Crippen molar-refractivity contribution < 1.29 is 22.7 Å². The van der Waals surface area contributed by atoms with Gasteiger partial charge in [0.2, 0.25) is 0 Å². The van der Waals surface area contributed by atoms with Crippen LogP contribution in [0.3, 0.4) is 0 Å². The maximum absolute atomic E-state index is 13.6. The van der Waals surface area contributed by atoms with Crippen LogP contribution in [-0.2, 0) is 9.84 Å². The molecular formula is C22H22BrFN2O5S. The number of aromatic nitrogens is 2. The van der Waals surface area contributed by atoms with Crippen molar-refractivity contribution in [1.29, 1.82) is 0 Å². The van der Waals surface area contributed by atoms with Crippen LogP contribution in [0.1, 0.15) is 13.8 Å². The van der Waals surface area contributed by atoms with Gasteiger partial charge in [-0.1, -0.05) is 26.0 Å². The number of hydrogen-bond donors (Lipinski definition) is 1. The molecule has 0 saturated carbocycles. The van der Waals surface area contributed by atoms with Crippen molar-refractivity contribution in [3.63, 3.8) is 0 Å². The lowest BCUT2D eigenvalue weighted by molar-refractivity contribution is 0.0695. The second-order valence-electron chi connectivity index (χ2n) is 7.62. The molecular weight excluding hydrogens is 503 g/mol. The van der Waals surface area contributed by atoms with E-state index in [-0.39, 0.29) is 27.6 Å². The van der Waals surface area contributed by atoms with Gasteiger partial charge in [0.1, 0.15) is 12.4 Å². The van der Waals surface area contributed by atoms with Gasteiger partial charge in [-0.25, -0.2) is 12.8 Å². The molecule has 0 fully saturated rings. The molecule has 1 aromatic heterocycles. The average molecular weight is 525 g/mol. The van der Waals surface area contributed by atoms with Crippen molar-refractivity contribution in [2.75, 3.05) is 12.9 Å². The Morgan fingerprint density at radius 2 is 1.84 bits per heavy atom. The van der Waals surface area contributed by atoms with Crippen molar-refractivity contribution >= 4 is 25.8 Å². The highest BCUT2D eigenvalue weighted by Gasteiger charge is 2.19. The second kappa shape index (κ2) is 9.51. The zero-order chi connectivity index (χ0) is 23.6. The van der Waals surface area contributed by atoms with Gasteiger partial charge in [0.25, 0.3) is 0 Å². The predicted octanol–water partition coefficient (Wildman–Crippen LogP) is 3.60. The summed E-state index contributed by atoms with van der Waals surface area (Å²) in [7, 11) is -3.38. The average Bonchev–Trinajstić information content (AvgIpc) is 2.74. The van der Waals surface area contributed by atoms with Crippen LogP contribution in [0.5, 0.6) is 5.75 Å². The van der Waals surface area contributed by atoms with Crippen molar-refractivity contribution in [2.24, 2.45) is 5.92 Å². The lowest BCUT2D eigenvalue weighted by Gasteiger charge is -2.18. The van der Waals surface area contributed by atoms with Crippen LogP contribution < -0.4 is 10.3 Å². The fourth-order valence-corrected chi connectivity index (χ4v) is 3.82. The fraction of sp³-hybridized carbons (Fsp3) is 0.273. The van der Waals surface area contributed by atoms with E-state index in [0.717, 1.165) is 10.9 Å². The van der Waals surface area contributed by atoms with Crippen LogP contribution in [0.25, 0.3) is 16.8 Å². The summed E-state index contributed by atoms with van der Waals surface area (Å²) >= 11 is 3.09. The summed E-state index contributed by atoms with van der Waals surface area (Å²) in [6.45, 7) is 3.51. The van der Waals surface area contributed by atoms with Crippen molar-refractivity contribution in [3.8, 4) is 22.6 Å². The normalized spacial score (nSPS) is 12.7. The first-order valence-electron chi connectivity index (χ1n) is 9.68. The van der Waals surface area contributed by atoms with Crippen molar-refractivity contribution in [2.45, 2.75) is 24.8 Å². The van der Waals surface area contributed by atoms with Gasteiger partial charge >= 0.3 is 5.56 Å². The molecule has 0 aliphatic heterocycles. The molecule has 0 spiro atoms. The summed E-state index contributed by atoms with van der Waals surface area (Å²) in [6, 6.07) is 9.99. The summed E-state index contributed by atoms with van der Waals surface area (Å²) in [5, 5.41) is 14.3. The maximum Gasteiger partial charge on any atom is 0.314 e. The quantitative estimate of drug-likeness (QED) is 0.506.